The molecule has 2 saturated heterocycles. The van der Waals surface area contributed by atoms with Crippen LogP contribution < -0.4 is 14.7 Å². The van der Waals surface area contributed by atoms with Gasteiger partial charge in [-0.3, -0.25) is 0 Å². The van der Waals surface area contributed by atoms with E-state index in [2.05, 4.69) is 26.6 Å². The average Bonchev–Trinajstić information content (AvgIpc) is 2.90. The van der Waals surface area contributed by atoms with Gasteiger partial charge in [-0.25, -0.2) is 14.4 Å². The minimum Gasteiger partial charge on any atom is -0.392 e. The summed E-state index contributed by atoms with van der Waals surface area (Å²) in [5, 5.41) is 9.96. The van der Waals surface area contributed by atoms with Crippen molar-refractivity contribution in [3.63, 3.8) is 0 Å². The second-order valence-corrected chi connectivity index (χ2v) is 10.2. The molecule has 1 aromatic carbocycles. The Kier molecular flexibility index (Phi) is 7.46. The second-order valence-electron chi connectivity index (χ2n) is 9.38. The summed E-state index contributed by atoms with van der Waals surface area (Å²) in [6.07, 6.45) is 5.10. The molecule has 10 heteroatoms. The third-order valence-electron chi connectivity index (χ3n) is 6.84. The molecule has 0 saturated carbocycles. The van der Waals surface area contributed by atoms with Gasteiger partial charge in [0.05, 0.1) is 22.3 Å². The number of hydrogen-bond acceptors (Lipinski definition) is 7. The lowest BCUT2D eigenvalue weighted by Crippen LogP contribution is -2.52. The number of rotatable bonds is 5. The highest BCUT2D eigenvalue weighted by molar-refractivity contribution is 6.33. The number of halogens is 3. The maximum Gasteiger partial charge on any atom is 0.227 e. The predicted octanol–water partition coefficient (Wildman–Crippen LogP) is 5.18. The molecule has 1 N–H and O–H groups in total. The van der Waals surface area contributed by atoms with Crippen LogP contribution in [0.2, 0.25) is 10.0 Å². The molecule has 190 valence electrons. The minimum atomic E-state index is -0.449. The number of piperidine rings is 1. The smallest absolute Gasteiger partial charge is 0.227 e. The van der Waals surface area contributed by atoms with E-state index in [1.54, 1.807) is 24.4 Å². The van der Waals surface area contributed by atoms with E-state index >= 15 is 0 Å². The van der Waals surface area contributed by atoms with Gasteiger partial charge >= 0.3 is 0 Å². The second kappa shape index (κ2) is 10.7. The van der Waals surface area contributed by atoms with Crippen molar-refractivity contribution in [2.75, 3.05) is 47.4 Å². The molecule has 0 unspecified atom stereocenters. The first-order chi connectivity index (χ1) is 17.4. The number of aliphatic hydroxyl groups excluding tert-OH is 1. The van der Waals surface area contributed by atoms with Gasteiger partial charge < -0.3 is 19.8 Å². The van der Waals surface area contributed by atoms with Crippen LogP contribution in [0.25, 0.3) is 11.3 Å². The van der Waals surface area contributed by atoms with Crippen LogP contribution in [-0.2, 0) is 6.61 Å². The molecule has 2 aliphatic rings. The van der Waals surface area contributed by atoms with E-state index in [0.29, 0.717) is 23.1 Å². The van der Waals surface area contributed by atoms with Crippen LogP contribution in [0.5, 0.6) is 0 Å². The highest BCUT2D eigenvalue weighted by Gasteiger charge is 2.28. The number of anilines is 3. The molecule has 0 aliphatic carbocycles. The summed E-state index contributed by atoms with van der Waals surface area (Å²) in [5.74, 6) is 1.80. The number of nitrogens with zero attached hydrogens (tertiary/aromatic N) is 6. The first kappa shape index (κ1) is 25.0. The predicted molar refractivity (Wildman–Crippen MR) is 143 cm³/mol. The lowest BCUT2D eigenvalue weighted by molar-refractivity contribution is 0.281. The van der Waals surface area contributed by atoms with E-state index in [0.717, 1.165) is 61.9 Å². The van der Waals surface area contributed by atoms with Gasteiger partial charge in [0, 0.05) is 56.6 Å². The van der Waals surface area contributed by atoms with Gasteiger partial charge in [-0.1, -0.05) is 23.2 Å². The summed E-state index contributed by atoms with van der Waals surface area (Å²) in [4.78, 5) is 21.0. The van der Waals surface area contributed by atoms with Gasteiger partial charge in [-0.15, -0.1) is 0 Å². The first-order valence-electron chi connectivity index (χ1n) is 12.3. The molecule has 0 spiro atoms. The number of piperazine rings is 1. The van der Waals surface area contributed by atoms with Crippen molar-refractivity contribution in [1.82, 2.24) is 15.0 Å². The zero-order valence-electron chi connectivity index (χ0n) is 20.2. The maximum atomic E-state index is 13.8. The minimum absolute atomic E-state index is 0.0748. The van der Waals surface area contributed by atoms with E-state index in [4.69, 9.17) is 33.2 Å². The fourth-order valence-electron chi connectivity index (χ4n) is 4.89. The van der Waals surface area contributed by atoms with Crippen LogP contribution in [-0.4, -0.2) is 58.8 Å². The normalized spacial score (nSPS) is 18.6. The first-order valence-corrected chi connectivity index (χ1v) is 13.0. The summed E-state index contributed by atoms with van der Waals surface area (Å²) in [6.45, 7) is 6.06. The van der Waals surface area contributed by atoms with Crippen molar-refractivity contribution in [3.05, 3.63) is 58.0 Å². The Morgan fingerprint density at radius 3 is 2.47 bits per heavy atom. The van der Waals surface area contributed by atoms with Crippen molar-refractivity contribution >= 4 is 40.8 Å². The number of pyridine rings is 1. The Morgan fingerprint density at radius 1 is 0.972 bits per heavy atom. The zero-order valence-corrected chi connectivity index (χ0v) is 21.7. The molecule has 7 nitrogen and oxygen atoms in total. The highest BCUT2D eigenvalue weighted by atomic mass is 35.5. The zero-order chi connectivity index (χ0) is 25.2. The van der Waals surface area contributed by atoms with Crippen LogP contribution >= 0.6 is 23.2 Å². The average molecular weight is 531 g/mol. The van der Waals surface area contributed by atoms with E-state index in [9.17, 15) is 9.50 Å². The summed E-state index contributed by atoms with van der Waals surface area (Å²) < 4.78 is 13.8. The summed E-state index contributed by atoms with van der Waals surface area (Å²) in [7, 11) is 0. The summed E-state index contributed by atoms with van der Waals surface area (Å²) in [5.41, 5.74) is 2.17. The van der Waals surface area contributed by atoms with Crippen LogP contribution in [0.4, 0.5) is 22.0 Å². The summed E-state index contributed by atoms with van der Waals surface area (Å²) in [6, 6.07) is 8.55. The lowest BCUT2D eigenvalue weighted by Gasteiger charge is -2.41. The molecule has 0 radical (unpaired) electrons. The Hall–Kier alpha value is -2.68. The van der Waals surface area contributed by atoms with Gasteiger partial charge in [0.15, 0.2) is 0 Å². The van der Waals surface area contributed by atoms with Gasteiger partial charge in [0.1, 0.15) is 17.5 Å². The van der Waals surface area contributed by atoms with Crippen molar-refractivity contribution in [2.45, 2.75) is 38.8 Å². The van der Waals surface area contributed by atoms with Gasteiger partial charge in [-0.2, -0.15) is 4.98 Å². The van der Waals surface area contributed by atoms with Gasteiger partial charge in [0.25, 0.3) is 0 Å². The maximum absolute atomic E-state index is 13.8. The Morgan fingerprint density at radius 2 is 1.78 bits per heavy atom. The molecule has 2 fully saturated rings. The topological polar surface area (TPSA) is 68.6 Å². The largest absolute Gasteiger partial charge is 0.392 e. The fraction of sp³-hybridized carbons (Fsp3) is 0.423. The Labute approximate surface area is 220 Å². The molecule has 1 atom stereocenters. The third-order valence-corrected chi connectivity index (χ3v) is 7.41. The molecule has 5 rings (SSSR count). The summed E-state index contributed by atoms with van der Waals surface area (Å²) >= 11 is 12.6. The van der Waals surface area contributed by atoms with Gasteiger partial charge in [0.2, 0.25) is 5.95 Å². The number of aliphatic hydroxyl groups is 1. The van der Waals surface area contributed by atoms with Crippen molar-refractivity contribution in [3.8, 4) is 11.3 Å². The van der Waals surface area contributed by atoms with Gasteiger partial charge in [-0.05, 0) is 56.0 Å². The van der Waals surface area contributed by atoms with Crippen molar-refractivity contribution in [1.29, 1.82) is 0 Å². The number of hydrogen-bond donors (Lipinski definition) is 1. The monoisotopic (exact) mass is 530 g/mol. The van der Waals surface area contributed by atoms with E-state index in [1.165, 1.54) is 12.5 Å². The SMILES string of the molecule is C[C@@H]1CN(c2ncc(CO)cc2Cl)CCN1c1cc(-c2ccc(F)c(Cl)c2)nc(N2CCCCC2)n1. The molecule has 0 bridgehead atoms. The number of benzene rings is 1. The molecular weight excluding hydrogens is 502 g/mol. The van der Waals surface area contributed by atoms with Crippen LogP contribution in [0.1, 0.15) is 31.7 Å². The highest BCUT2D eigenvalue weighted by Crippen LogP contribution is 2.32. The van der Waals surface area contributed by atoms with Crippen LogP contribution in [0.15, 0.2) is 36.5 Å². The van der Waals surface area contributed by atoms with Crippen molar-refractivity contribution < 1.29 is 9.50 Å². The van der Waals surface area contributed by atoms with E-state index in [1.807, 2.05) is 6.07 Å². The Bertz CT molecular complexity index is 1240. The van der Waals surface area contributed by atoms with E-state index < -0.39 is 5.82 Å². The molecule has 3 aromatic rings. The molecule has 2 aliphatic heterocycles. The Balaban J connectivity index is 1.45. The van der Waals surface area contributed by atoms with E-state index in [-0.39, 0.29) is 17.7 Å². The van der Waals surface area contributed by atoms with Crippen molar-refractivity contribution in [2.24, 2.45) is 0 Å². The third kappa shape index (κ3) is 5.21. The van der Waals surface area contributed by atoms with Crippen LogP contribution in [0, 0.1) is 5.82 Å². The van der Waals surface area contributed by atoms with Crippen LogP contribution in [0.3, 0.4) is 0 Å². The quantitative estimate of drug-likeness (QED) is 0.487. The molecule has 0 amide bonds. The molecule has 4 heterocycles. The lowest BCUT2D eigenvalue weighted by atomic mass is 10.1. The fourth-order valence-corrected chi connectivity index (χ4v) is 5.38. The molecule has 36 heavy (non-hydrogen) atoms. The molecular formula is C26H29Cl2FN6O. The standard InChI is InChI=1S/C26H29Cl2FN6O/c1-17-15-34(25-21(28)11-18(16-36)14-30-25)9-10-35(17)24-13-23(19-5-6-22(29)20(27)12-19)31-26(32-24)33-7-3-2-4-8-33/h5-6,11-14,17,36H,2-4,7-10,15-16H2,1H3/t17-/m1/s1. The molecule has 2 aromatic heterocycles. The number of aromatic nitrogens is 3.